The summed E-state index contributed by atoms with van der Waals surface area (Å²) in [6, 6.07) is 12.4. The number of carbonyl (C=O) groups is 5. The number of rotatable bonds is 15. The van der Waals surface area contributed by atoms with Crippen molar-refractivity contribution in [3.05, 3.63) is 87.7 Å². The number of anilines is 2. The molecule has 0 aliphatic heterocycles. The number of ether oxygens (including phenoxy) is 2. The van der Waals surface area contributed by atoms with E-state index in [9.17, 15) is 34.1 Å². The van der Waals surface area contributed by atoms with Crippen LogP contribution < -0.4 is 21.3 Å². The lowest BCUT2D eigenvalue weighted by atomic mass is 10.1. The third-order valence-corrected chi connectivity index (χ3v) is 6.94. The number of nitro benzene ring substituents is 1. The Bertz CT molecular complexity index is 1690. The van der Waals surface area contributed by atoms with E-state index in [-0.39, 0.29) is 29.5 Å². The summed E-state index contributed by atoms with van der Waals surface area (Å²) < 4.78 is 12.1. The molecule has 0 radical (unpaired) electrons. The smallest absolute Gasteiger partial charge is 0.407 e. The van der Waals surface area contributed by atoms with Gasteiger partial charge in [-0.05, 0) is 89.8 Å². The zero-order chi connectivity index (χ0) is 37.0. The van der Waals surface area contributed by atoms with Gasteiger partial charge in [-0.15, -0.1) is 0 Å². The van der Waals surface area contributed by atoms with Crippen molar-refractivity contribution in [2.75, 3.05) is 17.2 Å². The van der Waals surface area contributed by atoms with Crippen LogP contribution in [0.25, 0.3) is 0 Å². The third-order valence-electron chi connectivity index (χ3n) is 6.94. The van der Waals surface area contributed by atoms with Crippen molar-refractivity contribution in [1.29, 1.82) is 0 Å². The number of non-ortho nitro benzene ring substituents is 1. The first-order chi connectivity index (χ1) is 23.5. The van der Waals surface area contributed by atoms with Gasteiger partial charge >= 0.3 is 12.1 Å². The Hall–Kier alpha value is -5.73. The van der Waals surface area contributed by atoms with Crippen LogP contribution in [-0.4, -0.2) is 63.6 Å². The van der Waals surface area contributed by atoms with Crippen LogP contribution in [0.2, 0.25) is 0 Å². The number of alkyl carbamates (subject to hydrolysis) is 1. The van der Waals surface area contributed by atoms with E-state index in [1.807, 2.05) is 0 Å². The molecular formula is C35H44N6O9. The van der Waals surface area contributed by atoms with Crippen LogP contribution in [-0.2, 0) is 32.5 Å². The van der Waals surface area contributed by atoms with Crippen LogP contribution in [0, 0.1) is 10.1 Å². The maximum absolute atomic E-state index is 13.1. The van der Waals surface area contributed by atoms with Crippen molar-refractivity contribution in [2.45, 2.75) is 78.0 Å². The van der Waals surface area contributed by atoms with Gasteiger partial charge in [-0.25, -0.2) is 9.59 Å². The number of nitrogens with zero attached hydrogens (tertiary/aromatic N) is 2. The Labute approximate surface area is 290 Å². The van der Waals surface area contributed by atoms with Crippen LogP contribution in [0.3, 0.4) is 0 Å². The van der Waals surface area contributed by atoms with E-state index in [2.05, 4.69) is 21.3 Å². The Morgan fingerprint density at radius 2 is 1.60 bits per heavy atom. The molecule has 0 saturated heterocycles. The number of carbonyl (C=O) groups excluding carboxylic acids is 5. The number of aromatic nitrogens is 1. The number of hydrogen-bond donors (Lipinski definition) is 4. The van der Waals surface area contributed by atoms with Crippen molar-refractivity contribution in [1.82, 2.24) is 15.2 Å². The summed E-state index contributed by atoms with van der Waals surface area (Å²) in [6.07, 6.45) is 1.96. The molecule has 3 aromatic rings. The molecule has 2 aromatic carbocycles. The minimum Gasteiger partial charge on any atom is -0.461 e. The predicted octanol–water partition coefficient (Wildman–Crippen LogP) is 5.11. The van der Waals surface area contributed by atoms with Crippen LogP contribution in [0.1, 0.15) is 80.3 Å². The van der Waals surface area contributed by atoms with Gasteiger partial charge in [0.2, 0.25) is 5.91 Å². The number of nitro groups is 1. The summed E-state index contributed by atoms with van der Waals surface area (Å²) in [7, 11) is 1.63. The normalized spacial score (nSPS) is 11.7. The molecule has 0 fully saturated rings. The summed E-state index contributed by atoms with van der Waals surface area (Å²) in [5, 5.41) is 21.8. The van der Waals surface area contributed by atoms with E-state index in [1.54, 1.807) is 72.1 Å². The molecule has 1 aromatic heterocycles. The molecule has 0 saturated carbocycles. The lowest BCUT2D eigenvalue weighted by Gasteiger charge is -2.20. The summed E-state index contributed by atoms with van der Waals surface area (Å²) >= 11 is 0. The van der Waals surface area contributed by atoms with E-state index < -0.39 is 46.4 Å². The highest BCUT2D eigenvalue weighted by Crippen LogP contribution is 2.19. The van der Waals surface area contributed by atoms with Gasteiger partial charge in [0, 0.05) is 43.2 Å². The highest BCUT2D eigenvalue weighted by Gasteiger charge is 2.24. The highest BCUT2D eigenvalue weighted by atomic mass is 16.6. The van der Waals surface area contributed by atoms with Crippen molar-refractivity contribution in [2.24, 2.45) is 7.05 Å². The Balaban J connectivity index is 1.56. The number of benzene rings is 2. The molecule has 0 bridgehead atoms. The summed E-state index contributed by atoms with van der Waals surface area (Å²) in [6.45, 7) is 9.09. The molecule has 268 valence electrons. The second kappa shape index (κ2) is 17.6. The van der Waals surface area contributed by atoms with Crippen LogP contribution >= 0.6 is 0 Å². The molecular weight excluding hydrogens is 648 g/mol. The lowest BCUT2D eigenvalue weighted by Crippen LogP contribution is -2.43. The summed E-state index contributed by atoms with van der Waals surface area (Å²) in [5.74, 6) is -1.94. The topological polar surface area (TPSA) is 200 Å². The quantitative estimate of drug-likeness (QED) is 0.0723. The van der Waals surface area contributed by atoms with Gasteiger partial charge < -0.3 is 35.3 Å². The van der Waals surface area contributed by atoms with E-state index in [4.69, 9.17) is 9.47 Å². The van der Waals surface area contributed by atoms with Crippen molar-refractivity contribution in [3.8, 4) is 0 Å². The van der Waals surface area contributed by atoms with Gasteiger partial charge in [0.1, 0.15) is 17.3 Å². The minimum atomic E-state index is -0.887. The van der Waals surface area contributed by atoms with Crippen LogP contribution in [0.15, 0.2) is 60.8 Å². The molecule has 0 aliphatic carbocycles. The number of amides is 4. The zero-order valence-corrected chi connectivity index (χ0v) is 29.0. The SMILES string of the molecule is CC(C)OC(=O)[C@H](CCCCNC(=O)OC(C)(C)C)NC(=O)Cc1cccc(NC(=O)c2cc(NC(=O)c3ccc([N+](=O)[O-])cc3)cn2C)c1. The van der Waals surface area contributed by atoms with Gasteiger partial charge in [0.15, 0.2) is 0 Å². The molecule has 4 N–H and O–H groups in total. The van der Waals surface area contributed by atoms with Gasteiger partial charge in [0.25, 0.3) is 17.5 Å². The second-order valence-corrected chi connectivity index (χ2v) is 12.8. The molecule has 1 heterocycles. The predicted molar refractivity (Wildman–Crippen MR) is 186 cm³/mol. The van der Waals surface area contributed by atoms with Crippen LogP contribution in [0.5, 0.6) is 0 Å². The first-order valence-electron chi connectivity index (χ1n) is 16.1. The number of aryl methyl sites for hydroxylation is 1. The largest absolute Gasteiger partial charge is 0.461 e. The number of hydrogen-bond acceptors (Lipinski definition) is 9. The first-order valence-corrected chi connectivity index (χ1v) is 16.1. The van der Waals surface area contributed by atoms with Gasteiger partial charge in [-0.1, -0.05) is 12.1 Å². The molecule has 0 aliphatic rings. The zero-order valence-electron chi connectivity index (χ0n) is 29.0. The summed E-state index contributed by atoms with van der Waals surface area (Å²) in [5.41, 5.74) is 1.04. The highest BCUT2D eigenvalue weighted by molar-refractivity contribution is 6.07. The molecule has 1 atom stereocenters. The van der Waals surface area contributed by atoms with E-state index in [1.165, 1.54) is 34.9 Å². The minimum absolute atomic E-state index is 0.0711. The third kappa shape index (κ3) is 12.7. The maximum Gasteiger partial charge on any atom is 0.407 e. The van der Waals surface area contributed by atoms with E-state index in [0.29, 0.717) is 42.7 Å². The monoisotopic (exact) mass is 692 g/mol. The van der Waals surface area contributed by atoms with E-state index in [0.717, 1.165) is 0 Å². The molecule has 15 nitrogen and oxygen atoms in total. The molecule has 15 heteroatoms. The lowest BCUT2D eigenvalue weighted by molar-refractivity contribution is -0.384. The molecule has 0 unspecified atom stereocenters. The number of unbranched alkanes of at least 4 members (excludes halogenated alkanes) is 1. The van der Waals surface area contributed by atoms with Gasteiger partial charge in [-0.2, -0.15) is 0 Å². The molecule has 4 amide bonds. The Kier molecular flexibility index (Phi) is 13.6. The maximum atomic E-state index is 13.1. The number of nitrogens with one attached hydrogen (secondary N) is 4. The fourth-order valence-electron chi connectivity index (χ4n) is 4.72. The van der Waals surface area contributed by atoms with Crippen molar-refractivity contribution >= 4 is 46.8 Å². The Morgan fingerprint density at radius 1 is 0.920 bits per heavy atom. The second-order valence-electron chi connectivity index (χ2n) is 12.8. The standard InChI is InChI=1S/C35H44N6O9/c1-22(2)49-33(45)28(12-7-8-17-36-34(46)50-35(3,4)5)39-30(42)19-23-10-9-11-25(18-23)37-32(44)29-20-26(21-40(29)6)38-31(43)24-13-15-27(16-14-24)41(47)48/h9-11,13-16,18,20-22,28H,7-8,12,17,19H2,1-6H3,(H,36,46)(H,37,44)(H,38,43)(H,39,42)/t28-/m0/s1. The van der Waals surface area contributed by atoms with Gasteiger partial charge in [0.05, 0.1) is 23.1 Å². The average molecular weight is 693 g/mol. The fourth-order valence-corrected chi connectivity index (χ4v) is 4.72. The summed E-state index contributed by atoms with van der Waals surface area (Å²) in [4.78, 5) is 73.7. The molecule has 50 heavy (non-hydrogen) atoms. The van der Waals surface area contributed by atoms with E-state index >= 15 is 0 Å². The van der Waals surface area contributed by atoms with Gasteiger partial charge in [-0.3, -0.25) is 24.5 Å². The van der Waals surface area contributed by atoms with Crippen LogP contribution in [0.4, 0.5) is 21.9 Å². The Morgan fingerprint density at radius 3 is 2.24 bits per heavy atom. The van der Waals surface area contributed by atoms with Crippen molar-refractivity contribution < 1.29 is 38.4 Å². The molecule has 3 rings (SSSR count). The first kappa shape index (κ1) is 38.7. The molecule has 0 spiro atoms. The fraction of sp³-hybridized carbons (Fsp3) is 0.400. The average Bonchev–Trinajstić information content (AvgIpc) is 3.38. The number of esters is 1. The van der Waals surface area contributed by atoms with Crippen molar-refractivity contribution in [3.63, 3.8) is 0 Å².